The second-order valence-corrected chi connectivity index (χ2v) is 2.30. The van der Waals surface area contributed by atoms with Crippen LogP contribution in [-0.2, 0) is 11.2 Å². The monoisotopic (exact) mass is 190 g/mol. The van der Waals surface area contributed by atoms with E-state index in [0.717, 1.165) is 6.33 Å². The summed E-state index contributed by atoms with van der Waals surface area (Å²) in [6.45, 7) is 0. The van der Waals surface area contributed by atoms with Crippen LogP contribution in [0.15, 0.2) is 18.6 Å². The van der Waals surface area contributed by atoms with Crippen LogP contribution < -0.4 is 0 Å². The van der Waals surface area contributed by atoms with Crippen molar-refractivity contribution in [2.24, 2.45) is 0 Å². The Morgan fingerprint density at radius 1 is 1.46 bits per heavy atom. The lowest BCUT2D eigenvalue weighted by atomic mass is 10.2. The zero-order chi connectivity index (χ0) is 9.90. The summed E-state index contributed by atoms with van der Waals surface area (Å²) in [5, 5.41) is 0. The average molecular weight is 190 g/mol. The van der Waals surface area contributed by atoms with E-state index in [-0.39, 0.29) is 5.69 Å². The van der Waals surface area contributed by atoms with Gasteiger partial charge in [-0.05, 0) is 6.07 Å². The Kier molecular flexibility index (Phi) is 2.60. The van der Waals surface area contributed by atoms with E-state index in [1.165, 1.54) is 12.3 Å². The van der Waals surface area contributed by atoms with Gasteiger partial charge in [0.25, 0.3) is 0 Å². The molecule has 0 amide bonds. The number of rotatable bonds is 2. The van der Waals surface area contributed by atoms with Crippen LogP contribution in [0.5, 0.6) is 0 Å². The second kappa shape index (κ2) is 3.51. The van der Waals surface area contributed by atoms with E-state index in [4.69, 9.17) is 0 Å². The van der Waals surface area contributed by atoms with Crippen LogP contribution in [-0.4, -0.2) is 21.9 Å². The highest BCUT2D eigenvalue weighted by atomic mass is 19.4. The van der Waals surface area contributed by atoms with Crippen molar-refractivity contribution in [3.8, 4) is 0 Å². The molecule has 1 aromatic heterocycles. The van der Waals surface area contributed by atoms with Gasteiger partial charge in [-0.15, -0.1) is 0 Å². The van der Waals surface area contributed by atoms with Gasteiger partial charge in [0.15, 0.2) is 0 Å². The Bertz CT molecular complexity index is 296. The Hall–Kier alpha value is -1.46. The van der Waals surface area contributed by atoms with Gasteiger partial charge in [0.1, 0.15) is 6.33 Å². The third-order valence-electron chi connectivity index (χ3n) is 1.30. The molecule has 0 atom stereocenters. The maximum Gasteiger partial charge on any atom is 0.450 e. The molecule has 0 unspecified atom stereocenters. The summed E-state index contributed by atoms with van der Waals surface area (Å²) in [5.41, 5.74) is 0.0670. The van der Waals surface area contributed by atoms with Crippen molar-refractivity contribution < 1.29 is 18.0 Å². The van der Waals surface area contributed by atoms with Crippen molar-refractivity contribution in [1.82, 2.24) is 9.97 Å². The molecule has 0 spiro atoms. The topological polar surface area (TPSA) is 42.9 Å². The Labute approximate surface area is 71.6 Å². The highest BCUT2D eigenvalue weighted by molar-refractivity contribution is 5.85. The lowest BCUT2D eigenvalue weighted by Gasteiger charge is -2.03. The van der Waals surface area contributed by atoms with Crippen molar-refractivity contribution in [3.05, 3.63) is 24.3 Å². The third-order valence-corrected chi connectivity index (χ3v) is 1.30. The number of carbonyl (C=O) groups is 1. The molecule has 1 heterocycles. The molecule has 0 aromatic carbocycles. The van der Waals surface area contributed by atoms with Gasteiger partial charge in [-0.25, -0.2) is 9.97 Å². The van der Waals surface area contributed by atoms with Crippen LogP contribution in [0, 0.1) is 0 Å². The lowest BCUT2D eigenvalue weighted by Crippen LogP contribution is -2.24. The minimum Gasteiger partial charge on any atom is -0.289 e. The van der Waals surface area contributed by atoms with E-state index < -0.39 is 18.4 Å². The normalized spacial score (nSPS) is 11.3. The zero-order valence-electron chi connectivity index (χ0n) is 6.38. The van der Waals surface area contributed by atoms with Crippen LogP contribution in [0.2, 0.25) is 0 Å². The van der Waals surface area contributed by atoms with Gasteiger partial charge in [0.2, 0.25) is 5.78 Å². The van der Waals surface area contributed by atoms with Crippen molar-refractivity contribution in [3.63, 3.8) is 0 Å². The number of hydrogen-bond acceptors (Lipinski definition) is 3. The second-order valence-electron chi connectivity index (χ2n) is 2.30. The maximum absolute atomic E-state index is 11.7. The molecule has 0 aliphatic carbocycles. The zero-order valence-corrected chi connectivity index (χ0v) is 6.38. The number of ketones is 1. The van der Waals surface area contributed by atoms with Gasteiger partial charge in [0.05, 0.1) is 12.1 Å². The first-order chi connectivity index (χ1) is 6.00. The minimum atomic E-state index is -4.79. The van der Waals surface area contributed by atoms with Gasteiger partial charge >= 0.3 is 6.18 Å². The molecule has 13 heavy (non-hydrogen) atoms. The van der Waals surface area contributed by atoms with Crippen molar-refractivity contribution in [1.29, 1.82) is 0 Å². The first-order valence-electron chi connectivity index (χ1n) is 3.35. The Balaban J connectivity index is 2.66. The van der Waals surface area contributed by atoms with Crippen LogP contribution in [0.25, 0.3) is 0 Å². The minimum absolute atomic E-state index is 0.0670. The largest absolute Gasteiger partial charge is 0.450 e. The predicted molar refractivity (Wildman–Crippen MR) is 36.8 cm³/mol. The molecule has 0 saturated carbocycles. The molecule has 0 aliphatic rings. The van der Waals surface area contributed by atoms with Crippen molar-refractivity contribution >= 4 is 5.78 Å². The molecular formula is C7H5F3N2O. The van der Waals surface area contributed by atoms with E-state index in [0.29, 0.717) is 0 Å². The summed E-state index contributed by atoms with van der Waals surface area (Å²) in [7, 11) is 0. The number of aromatic nitrogens is 2. The predicted octanol–water partition coefficient (Wildman–Crippen LogP) is 1.15. The summed E-state index contributed by atoms with van der Waals surface area (Å²) >= 11 is 0. The molecule has 6 heteroatoms. The van der Waals surface area contributed by atoms with E-state index in [2.05, 4.69) is 9.97 Å². The highest BCUT2D eigenvalue weighted by Crippen LogP contribution is 2.17. The van der Waals surface area contributed by atoms with Gasteiger partial charge < -0.3 is 0 Å². The number of carbonyl (C=O) groups excluding carboxylic acids is 1. The first kappa shape index (κ1) is 9.63. The Morgan fingerprint density at radius 3 is 2.62 bits per heavy atom. The third kappa shape index (κ3) is 2.81. The van der Waals surface area contributed by atoms with Crippen LogP contribution >= 0.6 is 0 Å². The molecule has 1 rings (SSSR count). The maximum atomic E-state index is 11.7. The molecule has 1 aromatic rings. The number of hydrogen-bond donors (Lipinski definition) is 0. The summed E-state index contributed by atoms with van der Waals surface area (Å²) in [5.74, 6) is -1.80. The molecule has 0 saturated heterocycles. The van der Waals surface area contributed by atoms with Crippen molar-refractivity contribution in [2.75, 3.05) is 0 Å². The van der Waals surface area contributed by atoms with Gasteiger partial charge in [-0.2, -0.15) is 13.2 Å². The smallest absolute Gasteiger partial charge is 0.289 e. The van der Waals surface area contributed by atoms with E-state index in [9.17, 15) is 18.0 Å². The van der Waals surface area contributed by atoms with Crippen LogP contribution in [0.3, 0.4) is 0 Å². The molecule has 0 bridgehead atoms. The van der Waals surface area contributed by atoms with E-state index in [1.54, 1.807) is 0 Å². The highest BCUT2D eigenvalue weighted by Gasteiger charge is 2.37. The molecule has 0 radical (unpaired) electrons. The molecule has 3 nitrogen and oxygen atoms in total. The summed E-state index contributed by atoms with van der Waals surface area (Å²) in [4.78, 5) is 17.5. The Morgan fingerprint density at radius 2 is 2.15 bits per heavy atom. The fourth-order valence-corrected chi connectivity index (χ4v) is 0.687. The van der Waals surface area contributed by atoms with Crippen molar-refractivity contribution in [2.45, 2.75) is 12.6 Å². The summed E-state index contributed by atoms with van der Waals surface area (Å²) < 4.78 is 35.2. The summed E-state index contributed by atoms with van der Waals surface area (Å²) in [6, 6.07) is 1.27. The lowest BCUT2D eigenvalue weighted by molar-refractivity contribution is -0.170. The number of alkyl halides is 3. The quantitative estimate of drug-likeness (QED) is 0.702. The average Bonchev–Trinajstić information content (AvgIpc) is 2.04. The standard InChI is InChI=1S/C7H5F3N2O/c8-7(9,10)6(13)3-5-1-2-11-4-12-5/h1-2,4H,3H2. The number of nitrogens with zero attached hydrogens (tertiary/aromatic N) is 2. The first-order valence-corrected chi connectivity index (χ1v) is 3.35. The number of halogens is 3. The van der Waals surface area contributed by atoms with Gasteiger partial charge in [0, 0.05) is 6.20 Å². The SMILES string of the molecule is O=C(Cc1ccncn1)C(F)(F)F. The fourth-order valence-electron chi connectivity index (χ4n) is 0.687. The molecular weight excluding hydrogens is 185 g/mol. The van der Waals surface area contributed by atoms with E-state index >= 15 is 0 Å². The number of Topliss-reactive ketones (excluding diaryl/α,β-unsaturated/α-hetero) is 1. The van der Waals surface area contributed by atoms with E-state index in [1.807, 2.05) is 0 Å². The van der Waals surface area contributed by atoms with Gasteiger partial charge in [-0.1, -0.05) is 0 Å². The molecule has 0 aliphatic heterocycles. The van der Waals surface area contributed by atoms with Gasteiger partial charge in [-0.3, -0.25) is 4.79 Å². The molecule has 0 fully saturated rings. The van der Waals surface area contributed by atoms with Crippen LogP contribution in [0.4, 0.5) is 13.2 Å². The summed E-state index contributed by atoms with van der Waals surface area (Å²) in [6.07, 6.45) is -3.14. The fraction of sp³-hybridized carbons (Fsp3) is 0.286. The molecule has 0 N–H and O–H groups in total. The molecule has 70 valence electrons. The van der Waals surface area contributed by atoms with Crippen LogP contribution in [0.1, 0.15) is 5.69 Å².